The summed E-state index contributed by atoms with van der Waals surface area (Å²) in [6.45, 7) is 0. The van der Waals surface area contributed by atoms with Gasteiger partial charge >= 0.3 is 5.97 Å². The van der Waals surface area contributed by atoms with Crippen LogP contribution in [-0.4, -0.2) is 29.4 Å². The molecule has 1 heterocycles. The highest BCUT2D eigenvalue weighted by Gasteiger charge is 2.11. The van der Waals surface area contributed by atoms with Gasteiger partial charge in [0.2, 0.25) is 0 Å². The first-order valence-corrected chi connectivity index (χ1v) is 7.36. The average molecular weight is 337 g/mol. The van der Waals surface area contributed by atoms with E-state index < -0.39 is 5.97 Å². The number of hydrogen-bond donors (Lipinski definition) is 2. The number of nitrogens with one attached hydrogen (secondary N) is 1. The van der Waals surface area contributed by atoms with Gasteiger partial charge in [-0.25, -0.2) is 9.78 Å². The van der Waals surface area contributed by atoms with E-state index in [0.717, 1.165) is 11.3 Å². The van der Waals surface area contributed by atoms with Crippen LogP contribution in [0.5, 0.6) is 5.75 Å². The van der Waals surface area contributed by atoms with E-state index in [1.54, 1.807) is 12.3 Å². The van der Waals surface area contributed by atoms with E-state index in [2.05, 4.69) is 20.2 Å². The number of methoxy groups -OCH3 is 1. The number of nitrogens with zero attached hydrogens (tertiary/aromatic N) is 2. The number of aromatic hydroxyl groups is 1. The summed E-state index contributed by atoms with van der Waals surface area (Å²) in [5, 5.41) is 13.8. The maximum atomic E-state index is 11.6. The Morgan fingerprint density at radius 1 is 1.28 bits per heavy atom. The molecular formula is C18H15N3O4. The minimum absolute atomic E-state index is 0.0860. The van der Waals surface area contributed by atoms with Crippen LogP contribution in [-0.2, 0) is 4.74 Å². The predicted octanol–water partition coefficient (Wildman–Crippen LogP) is 3.28. The number of ether oxygens (including phenoxy) is 1. The molecule has 0 spiro atoms. The standard InChI is InChI=1S/C18H15N3O4/c1-24-18(23)15-8-12(2-7-16(15)22)9-20-21-14-5-3-13(4-6-14)17-10-19-11-25-17/h2-11,21-22H,1H3. The van der Waals surface area contributed by atoms with Crippen molar-refractivity contribution in [2.45, 2.75) is 0 Å². The lowest BCUT2D eigenvalue weighted by atomic mass is 10.1. The fourth-order valence-electron chi connectivity index (χ4n) is 2.16. The fraction of sp³-hybridized carbons (Fsp3) is 0.0556. The van der Waals surface area contributed by atoms with Crippen LogP contribution >= 0.6 is 0 Å². The Balaban J connectivity index is 1.68. The number of hydrogen-bond acceptors (Lipinski definition) is 7. The van der Waals surface area contributed by atoms with E-state index >= 15 is 0 Å². The molecule has 126 valence electrons. The molecule has 3 rings (SSSR count). The first kappa shape index (κ1) is 16.3. The smallest absolute Gasteiger partial charge is 0.341 e. The normalized spacial score (nSPS) is 10.8. The lowest BCUT2D eigenvalue weighted by Crippen LogP contribution is -2.02. The van der Waals surface area contributed by atoms with Crippen LogP contribution in [0.15, 0.2) is 64.6 Å². The molecule has 0 aliphatic heterocycles. The SMILES string of the molecule is COC(=O)c1cc(C=NNc2ccc(-c3cnco3)cc2)ccc1O. The van der Waals surface area contributed by atoms with Gasteiger partial charge in [-0.15, -0.1) is 0 Å². The molecule has 25 heavy (non-hydrogen) atoms. The highest BCUT2D eigenvalue weighted by molar-refractivity contribution is 5.95. The van der Waals surface area contributed by atoms with Crippen molar-refractivity contribution in [2.24, 2.45) is 5.10 Å². The minimum atomic E-state index is -0.608. The minimum Gasteiger partial charge on any atom is -0.507 e. The summed E-state index contributed by atoms with van der Waals surface area (Å²) >= 11 is 0. The maximum absolute atomic E-state index is 11.6. The lowest BCUT2D eigenvalue weighted by Gasteiger charge is -2.04. The van der Waals surface area contributed by atoms with E-state index in [-0.39, 0.29) is 11.3 Å². The quantitative estimate of drug-likeness (QED) is 0.421. The number of hydrazone groups is 1. The Kier molecular flexibility index (Phi) is 4.75. The van der Waals surface area contributed by atoms with E-state index in [9.17, 15) is 9.90 Å². The second-order valence-corrected chi connectivity index (χ2v) is 5.08. The number of aromatic nitrogens is 1. The van der Waals surface area contributed by atoms with Crippen molar-refractivity contribution in [1.29, 1.82) is 0 Å². The first-order chi connectivity index (χ1) is 12.2. The van der Waals surface area contributed by atoms with Gasteiger partial charge in [0.05, 0.1) is 25.2 Å². The number of phenolic OH excluding ortho intramolecular Hbond substituents is 1. The van der Waals surface area contributed by atoms with Gasteiger partial charge < -0.3 is 14.3 Å². The largest absolute Gasteiger partial charge is 0.507 e. The van der Waals surface area contributed by atoms with Crippen LogP contribution < -0.4 is 5.43 Å². The number of esters is 1. The molecule has 0 amide bonds. The average Bonchev–Trinajstić information content (AvgIpc) is 3.18. The summed E-state index contributed by atoms with van der Waals surface area (Å²) in [6.07, 6.45) is 4.56. The summed E-state index contributed by atoms with van der Waals surface area (Å²) in [4.78, 5) is 15.4. The summed E-state index contributed by atoms with van der Waals surface area (Å²) < 4.78 is 9.84. The van der Waals surface area contributed by atoms with Crippen LogP contribution in [0.4, 0.5) is 5.69 Å². The molecule has 0 radical (unpaired) electrons. The number of carbonyl (C=O) groups is 1. The Morgan fingerprint density at radius 3 is 2.76 bits per heavy atom. The Labute approximate surface area is 143 Å². The van der Waals surface area contributed by atoms with Crippen molar-refractivity contribution >= 4 is 17.9 Å². The maximum Gasteiger partial charge on any atom is 0.341 e. The molecule has 1 aromatic heterocycles. The highest BCUT2D eigenvalue weighted by Crippen LogP contribution is 2.21. The number of rotatable bonds is 5. The van der Waals surface area contributed by atoms with Crippen molar-refractivity contribution in [3.63, 3.8) is 0 Å². The second kappa shape index (κ2) is 7.31. The van der Waals surface area contributed by atoms with Crippen molar-refractivity contribution in [1.82, 2.24) is 4.98 Å². The zero-order chi connectivity index (χ0) is 17.6. The number of anilines is 1. The van der Waals surface area contributed by atoms with Gasteiger partial charge in [-0.2, -0.15) is 5.10 Å². The summed E-state index contributed by atoms with van der Waals surface area (Å²) in [5.74, 6) is -0.0573. The summed E-state index contributed by atoms with van der Waals surface area (Å²) in [6, 6.07) is 12.0. The Hall–Kier alpha value is -3.61. The van der Waals surface area contributed by atoms with Crippen molar-refractivity contribution < 1.29 is 19.1 Å². The molecular weight excluding hydrogens is 322 g/mol. The zero-order valence-electron chi connectivity index (χ0n) is 13.3. The molecule has 0 saturated carbocycles. The van der Waals surface area contributed by atoms with Crippen LogP contribution in [0, 0.1) is 0 Å². The number of phenols is 1. The number of benzene rings is 2. The summed E-state index contributed by atoms with van der Waals surface area (Å²) in [7, 11) is 1.26. The molecule has 0 unspecified atom stereocenters. The summed E-state index contributed by atoms with van der Waals surface area (Å²) in [5.41, 5.74) is 5.31. The van der Waals surface area contributed by atoms with Crippen molar-refractivity contribution in [2.75, 3.05) is 12.5 Å². The van der Waals surface area contributed by atoms with Crippen LogP contribution in [0.3, 0.4) is 0 Å². The first-order valence-electron chi connectivity index (χ1n) is 7.36. The Bertz CT molecular complexity index is 887. The van der Waals surface area contributed by atoms with Gasteiger partial charge in [0.25, 0.3) is 0 Å². The molecule has 7 heteroatoms. The van der Waals surface area contributed by atoms with Crippen LogP contribution in [0.25, 0.3) is 11.3 Å². The molecule has 3 aromatic rings. The van der Waals surface area contributed by atoms with Gasteiger partial charge in [-0.1, -0.05) is 0 Å². The lowest BCUT2D eigenvalue weighted by molar-refractivity contribution is 0.0597. The van der Waals surface area contributed by atoms with Gasteiger partial charge in [-0.05, 0) is 48.0 Å². The molecule has 0 atom stereocenters. The van der Waals surface area contributed by atoms with Crippen molar-refractivity contribution in [3.8, 4) is 17.1 Å². The molecule has 0 fully saturated rings. The second-order valence-electron chi connectivity index (χ2n) is 5.08. The molecule has 0 aliphatic rings. The third kappa shape index (κ3) is 3.84. The predicted molar refractivity (Wildman–Crippen MR) is 92.6 cm³/mol. The van der Waals surface area contributed by atoms with Gasteiger partial charge in [0.15, 0.2) is 12.2 Å². The van der Waals surface area contributed by atoms with E-state index in [0.29, 0.717) is 11.3 Å². The fourth-order valence-corrected chi connectivity index (χ4v) is 2.16. The third-order valence-electron chi connectivity index (χ3n) is 3.43. The van der Waals surface area contributed by atoms with Gasteiger partial charge in [-0.3, -0.25) is 5.43 Å². The van der Waals surface area contributed by atoms with Crippen LogP contribution in [0.2, 0.25) is 0 Å². The topological polar surface area (TPSA) is 97.0 Å². The van der Waals surface area contributed by atoms with E-state index in [1.807, 2.05) is 24.3 Å². The van der Waals surface area contributed by atoms with Gasteiger partial charge in [0.1, 0.15) is 11.3 Å². The highest BCUT2D eigenvalue weighted by atomic mass is 16.5. The zero-order valence-corrected chi connectivity index (χ0v) is 13.3. The number of oxazole rings is 1. The molecule has 0 saturated heterocycles. The van der Waals surface area contributed by atoms with Gasteiger partial charge in [0, 0.05) is 5.56 Å². The van der Waals surface area contributed by atoms with Crippen molar-refractivity contribution in [3.05, 3.63) is 66.2 Å². The van der Waals surface area contributed by atoms with Crippen LogP contribution in [0.1, 0.15) is 15.9 Å². The molecule has 0 aliphatic carbocycles. The molecule has 2 aromatic carbocycles. The molecule has 7 nitrogen and oxygen atoms in total. The molecule has 0 bridgehead atoms. The third-order valence-corrected chi connectivity index (χ3v) is 3.43. The van der Waals surface area contributed by atoms with E-state index in [1.165, 1.54) is 31.9 Å². The monoisotopic (exact) mass is 337 g/mol. The Morgan fingerprint density at radius 2 is 2.08 bits per heavy atom. The van der Waals surface area contributed by atoms with E-state index in [4.69, 9.17) is 4.42 Å². The molecule has 2 N–H and O–H groups in total. The number of carbonyl (C=O) groups excluding carboxylic acids is 1.